The Morgan fingerprint density at radius 1 is 0.955 bits per heavy atom. The number of nitrogens with one attached hydrogen (secondary N) is 2. The molecule has 5 heteroatoms. The normalized spacial score (nSPS) is 10.1. The van der Waals surface area contributed by atoms with Crippen molar-refractivity contribution in [3.63, 3.8) is 0 Å². The lowest BCUT2D eigenvalue weighted by Crippen LogP contribution is -2.21. The van der Waals surface area contributed by atoms with Crippen LogP contribution in [0.2, 0.25) is 0 Å². The third kappa shape index (κ3) is 4.34. The smallest absolute Gasteiger partial charge is 0.335 e. The van der Waals surface area contributed by atoms with E-state index in [0.717, 1.165) is 16.8 Å². The van der Waals surface area contributed by atoms with E-state index < -0.39 is 5.97 Å². The molecule has 0 aromatic heterocycles. The molecule has 0 spiro atoms. The van der Waals surface area contributed by atoms with Crippen molar-refractivity contribution < 1.29 is 14.7 Å². The Kier molecular flexibility index (Phi) is 4.78. The van der Waals surface area contributed by atoms with E-state index >= 15 is 0 Å². The van der Waals surface area contributed by atoms with Crippen molar-refractivity contribution in [2.75, 3.05) is 17.2 Å². The Balaban J connectivity index is 1.91. The van der Waals surface area contributed by atoms with Crippen LogP contribution in [0.25, 0.3) is 0 Å². The Morgan fingerprint density at radius 2 is 1.55 bits per heavy atom. The molecule has 114 valence electrons. The van der Waals surface area contributed by atoms with Crippen LogP contribution in [-0.2, 0) is 4.79 Å². The molecule has 0 unspecified atom stereocenters. The summed E-state index contributed by atoms with van der Waals surface area (Å²) in [5, 5.41) is 14.6. The number of benzene rings is 2. The second kappa shape index (κ2) is 6.76. The summed E-state index contributed by atoms with van der Waals surface area (Å²) in [5.74, 6) is -1.18. The number of aromatic carboxylic acids is 1. The predicted octanol–water partition coefficient (Wildman–Crippen LogP) is 3.05. The zero-order chi connectivity index (χ0) is 16.1. The average molecular weight is 298 g/mol. The summed E-state index contributed by atoms with van der Waals surface area (Å²) in [4.78, 5) is 22.6. The summed E-state index contributed by atoms with van der Waals surface area (Å²) < 4.78 is 0. The van der Waals surface area contributed by atoms with Gasteiger partial charge in [-0.05, 0) is 61.4 Å². The third-order valence-corrected chi connectivity index (χ3v) is 3.09. The van der Waals surface area contributed by atoms with Gasteiger partial charge in [-0.3, -0.25) is 4.79 Å². The zero-order valence-corrected chi connectivity index (χ0v) is 12.5. The van der Waals surface area contributed by atoms with Gasteiger partial charge in [-0.25, -0.2) is 4.79 Å². The third-order valence-electron chi connectivity index (χ3n) is 3.09. The SMILES string of the molecule is Cc1cc(C)cc(NCC(=O)Nc2ccc(C(=O)O)cc2)c1. The summed E-state index contributed by atoms with van der Waals surface area (Å²) in [6, 6.07) is 12.1. The van der Waals surface area contributed by atoms with Gasteiger partial charge in [0.25, 0.3) is 0 Å². The fourth-order valence-corrected chi connectivity index (χ4v) is 2.16. The minimum absolute atomic E-state index is 0.142. The van der Waals surface area contributed by atoms with E-state index in [9.17, 15) is 9.59 Å². The second-order valence-electron chi connectivity index (χ2n) is 5.16. The number of aryl methyl sites for hydroxylation is 2. The molecule has 0 aliphatic rings. The number of amides is 1. The van der Waals surface area contributed by atoms with Gasteiger partial charge < -0.3 is 15.7 Å². The Bertz CT molecular complexity index is 673. The maximum absolute atomic E-state index is 11.9. The topological polar surface area (TPSA) is 78.4 Å². The first-order chi connectivity index (χ1) is 10.4. The summed E-state index contributed by atoms with van der Waals surface area (Å²) in [5.41, 5.74) is 3.91. The van der Waals surface area contributed by atoms with Gasteiger partial charge in [0.1, 0.15) is 0 Å². The van der Waals surface area contributed by atoms with Crippen LogP contribution in [0.1, 0.15) is 21.5 Å². The number of carbonyl (C=O) groups excluding carboxylic acids is 1. The second-order valence-corrected chi connectivity index (χ2v) is 5.16. The van der Waals surface area contributed by atoms with Crippen molar-refractivity contribution in [2.24, 2.45) is 0 Å². The maximum atomic E-state index is 11.9. The summed E-state index contributed by atoms with van der Waals surface area (Å²) >= 11 is 0. The van der Waals surface area contributed by atoms with E-state index in [4.69, 9.17) is 5.11 Å². The van der Waals surface area contributed by atoms with E-state index in [2.05, 4.69) is 16.7 Å². The molecule has 2 rings (SSSR count). The van der Waals surface area contributed by atoms with Gasteiger partial charge in [-0.15, -0.1) is 0 Å². The van der Waals surface area contributed by atoms with Crippen molar-refractivity contribution >= 4 is 23.3 Å². The van der Waals surface area contributed by atoms with E-state index in [1.165, 1.54) is 12.1 Å². The van der Waals surface area contributed by atoms with Gasteiger partial charge in [0.05, 0.1) is 12.1 Å². The van der Waals surface area contributed by atoms with Gasteiger partial charge in [-0.2, -0.15) is 0 Å². The van der Waals surface area contributed by atoms with E-state index in [-0.39, 0.29) is 18.0 Å². The standard InChI is InChI=1S/C17H18N2O3/c1-11-7-12(2)9-15(8-11)18-10-16(20)19-14-5-3-13(4-6-14)17(21)22/h3-9,18H,10H2,1-2H3,(H,19,20)(H,21,22). The van der Waals surface area contributed by atoms with Crippen molar-refractivity contribution in [2.45, 2.75) is 13.8 Å². The molecule has 0 bridgehead atoms. The van der Waals surface area contributed by atoms with E-state index in [1.54, 1.807) is 12.1 Å². The number of hydrogen-bond donors (Lipinski definition) is 3. The van der Waals surface area contributed by atoms with Crippen molar-refractivity contribution in [1.29, 1.82) is 0 Å². The first-order valence-electron chi connectivity index (χ1n) is 6.89. The summed E-state index contributed by atoms with van der Waals surface area (Å²) in [6.07, 6.45) is 0. The Morgan fingerprint density at radius 3 is 2.09 bits per heavy atom. The van der Waals surface area contributed by atoms with Crippen molar-refractivity contribution in [3.05, 3.63) is 59.2 Å². The number of carboxylic acids is 1. The largest absolute Gasteiger partial charge is 0.478 e. The molecule has 0 saturated carbocycles. The van der Waals surface area contributed by atoms with Gasteiger partial charge in [0.15, 0.2) is 0 Å². The predicted molar refractivity (Wildman–Crippen MR) is 86.4 cm³/mol. The molecule has 0 fully saturated rings. The number of rotatable bonds is 5. The van der Waals surface area contributed by atoms with Crippen molar-refractivity contribution in [3.8, 4) is 0 Å². The van der Waals surface area contributed by atoms with E-state index in [1.807, 2.05) is 26.0 Å². The number of hydrogen-bond acceptors (Lipinski definition) is 3. The molecular weight excluding hydrogens is 280 g/mol. The molecule has 1 amide bonds. The fraction of sp³-hybridized carbons (Fsp3) is 0.176. The quantitative estimate of drug-likeness (QED) is 0.792. The molecular formula is C17H18N2O3. The van der Waals surface area contributed by atoms with Crippen LogP contribution < -0.4 is 10.6 Å². The van der Waals surface area contributed by atoms with Crippen LogP contribution in [0.4, 0.5) is 11.4 Å². The van der Waals surface area contributed by atoms with Gasteiger partial charge in [0, 0.05) is 11.4 Å². The number of anilines is 2. The van der Waals surface area contributed by atoms with Crippen LogP contribution in [0.15, 0.2) is 42.5 Å². The highest BCUT2D eigenvalue weighted by molar-refractivity contribution is 5.94. The molecule has 0 saturated heterocycles. The molecule has 0 aliphatic carbocycles. The molecule has 0 radical (unpaired) electrons. The fourth-order valence-electron chi connectivity index (χ4n) is 2.16. The van der Waals surface area contributed by atoms with Crippen LogP contribution in [0, 0.1) is 13.8 Å². The molecule has 5 nitrogen and oxygen atoms in total. The van der Waals surface area contributed by atoms with Gasteiger partial charge in [0.2, 0.25) is 5.91 Å². The first-order valence-corrected chi connectivity index (χ1v) is 6.89. The monoisotopic (exact) mass is 298 g/mol. The molecule has 2 aromatic carbocycles. The molecule has 2 aromatic rings. The minimum Gasteiger partial charge on any atom is -0.478 e. The molecule has 0 aliphatic heterocycles. The Hall–Kier alpha value is -2.82. The molecule has 22 heavy (non-hydrogen) atoms. The molecule has 0 atom stereocenters. The van der Waals surface area contributed by atoms with E-state index in [0.29, 0.717) is 5.69 Å². The number of carbonyl (C=O) groups is 2. The van der Waals surface area contributed by atoms with Crippen molar-refractivity contribution in [1.82, 2.24) is 0 Å². The molecule has 3 N–H and O–H groups in total. The lowest BCUT2D eigenvalue weighted by molar-refractivity contribution is -0.114. The highest BCUT2D eigenvalue weighted by Gasteiger charge is 2.05. The van der Waals surface area contributed by atoms with Crippen LogP contribution in [0.5, 0.6) is 0 Å². The highest BCUT2D eigenvalue weighted by atomic mass is 16.4. The van der Waals surface area contributed by atoms with Gasteiger partial charge >= 0.3 is 5.97 Å². The lowest BCUT2D eigenvalue weighted by atomic mass is 10.1. The maximum Gasteiger partial charge on any atom is 0.335 e. The Labute approximate surface area is 129 Å². The minimum atomic E-state index is -0.991. The van der Waals surface area contributed by atoms with Crippen LogP contribution in [-0.4, -0.2) is 23.5 Å². The van der Waals surface area contributed by atoms with Gasteiger partial charge in [-0.1, -0.05) is 6.07 Å². The summed E-state index contributed by atoms with van der Waals surface area (Å²) in [7, 11) is 0. The summed E-state index contributed by atoms with van der Waals surface area (Å²) in [6.45, 7) is 4.15. The van der Waals surface area contributed by atoms with Crippen LogP contribution >= 0.6 is 0 Å². The lowest BCUT2D eigenvalue weighted by Gasteiger charge is -2.09. The average Bonchev–Trinajstić information content (AvgIpc) is 2.45. The zero-order valence-electron chi connectivity index (χ0n) is 12.5. The first kappa shape index (κ1) is 15.6. The number of carboxylic acid groups (broad SMARTS) is 1. The van der Waals surface area contributed by atoms with Crippen LogP contribution in [0.3, 0.4) is 0 Å². The molecule has 0 heterocycles. The highest BCUT2D eigenvalue weighted by Crippen LogP contribution is 2.14.